The lowest BCUT2D eigenvalue weighted by atomic mass is 10.2. The van der Waals surface area contributed by atoms with Gasteiger partial charge in [0, 0.05) is 32.7 Å². The minimum Gasteiger partial charge on any atom is -0.385 e. The molecule has 2 nitrogen and oxygen atoms in total. The molecule has 3 heteroatoms. The Morgan fingerprint density at radius 3 is 3.00 bits per heavy atom. The van der Waals surface area contributed by atoms with Crippen molar-refractivity contribution in [3.05, 3.63) is 0 Å². The molecule has 1 atom stereocenters. The standard InChI is InChI=1S/C9H18ClNO/c1-12-6-2-4-11-5-3-9(7-10)8-11/h9H,2-8H2,1H3. The highest BCUT2D eigenvalue weighted by atomic mass is 35.5. The van der Waals surface area contributed by atoms with E-state index in [1.54, 1.807) is 7.11 Å². The summed E-state index contributed by atoms with van der Waals surface area (Å²) < 4.78 is 5.00. The van der Waals surface area contributed by atoms with Crippen molar-refractivity contribution in [3.63, 3.8) is 0 Å². The molecule has 12 heavy (non-hydrogen) atoms. The molecule has 0 amide bonds. The van der Waals surface area contributed by atoms with Gasteiger partial charge in [-0.1, -0.05) is 0 Å². The zero-order valence-corrected chi connectivity index (χ0v) is 8.52. The van der Waals surface area contributed by atoms with E-state index < -0.39 is 0 Å². The van der Waals surface area contributed by atoms with Crippen molar-refractivity contribution in [2.75, 3.05) is 39.2 Å². The van der Waals surface area contributed by atoms with Gasteiger partial charge in [0.1, 0.15) is 0 Å². The molecular formula is C9H18ClNO. The number of methoxy groups -OCH3 is 1. The van der Waals surface area contributed by atoms with E-state index in [4.69, 9.17) is 16.3 Å². The highest BCUT2D eigenvalue weighted by Gasteiger charge is 2.20. The second-order valence-corrected chi connectivity index (χ2v) is 3.76. The number of likely N-dealkylation sites (tertiary alicyclic amines) is 1. The molecule has 0 radical (unpaired) electrons. The van der Waals surface area contributed by atoms with Crippen molar-refractivity contribution in [1.29, 1.82) is 0 Å². The first-order chi connectivity index (χ1) is 5.86. The van der Waals surface area contributed by atoms with Crippen molar-refractivity contribution in [2.24, 2.45) is 5.92 Å². The number of alkyl halides is 1. The number of nitrogens with zero attached hydrogens (tertiary/aromatic N) is 1. The summed E-state index contributed by atoms with van der Waals surface area (Å²) in [5, 5.41) is 0. The van der Waals surface area contributed by atoms with E-state index in [9.17, 15) is 0 Å². The van der Waals surface area contributed by atoms with Crippen LogP contribution in [0.15, 0.2) is 0 Å². The molecule has 1 aliphatic heterocycles. The molecule has 0 bridgehead atoms. The minimum atomic E-state index is 0.731. The fourth-order valence-electron chi connectivity index (χ4n) is 1.67. The average molecular weight is 192 g/mol. The molecule has 0 aliphatic carbocycles. The Kier molecular flexibility index (Phi) is 4.96. The molecule has 72 valence electrons. The molecule has 0 aromatic heterocycles. The Bertz CT molecular complexity index is 121. The van der Waals surface area contributed by atoms with Crippen LogP contribution in [0, 0.1) is 5.92 Å². The largest absolute Gasteiger partial charge is 0.385 e. The molecule has 0 spiro atoms. The Morgan fingerprint density at radius 1 is 1.58 bits per heavy atom. The summed E-state index contributed by atoms with van der Waals surface area (Å²) in [7, 11) is 1.76. The van der Waals surface area contributed by atoms with Crippen molar-refractivity contribution in [2.45, 2.75) is 12.8 Å². The first kappa shape index (κ1) is 10.3. The van der Waals surface area contributed by atoms with Crippen LogP contribution in [0.25, 0.3) is 0 Å². The Hall–Kier alpha value is 0.210. The lowest BCUT2D eigenvalue weighted by Crippen LogP contribution is -2.23. The number of rotatable bonds is 5. The van der Waals surface area contributed by atoms with Gasteiger partial charge in [0.2, 0.25) is 0 Å². The zero-order chi connectivity index (χ0) is 8.81. The zero-order valence-electron chi connectivity index (χ0n) is 7.76. The van der Waals surface area contributed by atoms with Crippen molar-refractivity contribution < 1.29 is 4.74 Å². The first-order valence-corrected chi connectivity index (χ1v) is 5.17. The van der Waals surface area contributed by atoms with Gasteiger partial charge in [-0.3, -0.25) is 0 Å². The van der Waals surface area contributed by atoms with Crippen LogP contribution >= 0.6 is 11.6 Å². The van der Waals surface area contributed by atoms with Gasteiger partial charge < -0.3 is 9.64 Å². The van der Waals surface area contributed by atoms with Gasteiger partial charge in [0.05, 0.1) is 0 Å². The van der Waals surface area contributed by atoms with E-state index in [2.05, 4.69) is 4.90 Å². The fourth-order valence-corrected chi connectivity index (χ4v) is 1.93. The van der Waals surface area contributed by atoms with Gasteiger partial charge in [-0.05, 0) is 25.3 Å². The van der Waals surface area contributed by atoms with Crippen molar-refractivity contribution in [1.82, 2.24) is 4.90 Å². The SMILES string of the molecule is COCCCN1CCC(CCl)C1. The van der Waals surface area contributed by atoms with Crippen LogP contribution in [0.3, 0.4) is 0 Å². The topological polar surface area (TPSA) is 12.5 Å². The first-order valence-electron chi connectivity index (χ1n) is 4.64. The summed E-state index contributed by atoms with van der Waals surface area (Å²) >= 11 is 5.78. The van der Waals surface area contributed by atoms with E-state index >= 15 is 0 Å². The molecule has 0 aromatic carbocycles. The fraction of sp³-hybridized carbons (Fsp3) is 1.00. The van der Waals surface area contributed by atoms with Crippen molar-refractivity contribution in [3.8, 4) is 0 Å². The minimum absolute atomic E-state index is 0.731. The summed E-state index contributed by atoms with van der Waals surface area (Å²) in [5.74, 6) is 1.55. The Balaban J connectivity index is 2.03. The molecule has 0 aromatic rings. The third kappa shape index (κ3) is 3.30. The van der Waals surface area contributed by atoms with E-state index in [-0.39, 0.29) is 0 Å². The van der Waals surface area contributed by atoms with Crippen LogP contribution < -0.4 is 0 Å². The lowest BCUT2D eigenvalue weighted by Gasteiger charge is -2.14. The molecule has 0 N–H and O–H groups in total. The quantitative estimate of drug-likeness (QED) is 0.484. The van der Waals surface area contributed by atoms with Gasteiger partial charge >= 0.3 is 0 Å². The summed E-state index contributed by atoms with van der Waals surface area (Å²) in [4.78, 5) is 2.48. The van der Waals surface area contributed by atoms with Crippen molar-refractivity contribution >= 4 is 11.6 Å². The van der Waals surface area contributed by atoms with Crippen LogP contribution in [0.4, 0.5) is 0 Å². The second-order valence-electron chi connectivity index (χ2n) is 3.46. The van der Waals surface area contributed by atoms with Crippen LogP contribution in [0.1, 0.15) is 12.8 Å². The van der Waals surface area contributed by atoms with Gasteiger partial charge in [-0.25, -0.2) is 0 Å². The maximum atomic E-state index is 5.78. The highest BCUT2D eigenvalue weighted by Crippen LogP contribution is 2.17. The summed E-state index contributed by atoms with van der Waals surface area (Å²) in [6.45, 7) is 4.46. The molecule has 1 saturated heterocycles. The van der Waals surface area contributed by atoms with Crippen LogP contribution in [0.5, 0.6) is 0 Å². The predicted octanol–water partition coefficient (Wildman–Crippen LogP) is 1.58. The predicted molar refractivity (Wildman–Crippen MR) is 51.8 cm³/mol. The third-order valence-corrected chi connectivity index (χ3v) is 2.85. The number of hydrogen-bond acceptors (Lipinski definition) is 2. The number of halogens is 1. The summed E-state index contributed by atoms with van der Waals surface area (Å²) in [6, 6.07) is 0. The highest BCUT2D eigenvalue weighted by molar-refractivity contribution is 6.18. The monoisotopic (exact) mass is 191 g/mol. The smallest absolute Gasteiger partial charge is 0.0474 e. The normalized spacial score (nSPS) is 25.0. The maximum absolute atomic E-state index is 5.78. The Labute approximate surface area is 79.8 Å². The lowest BCUT2D eigenvalue weighted by molar-refractivity contribution is 0.178. The van der Waals surface area contributed by atoms with Crippen LogP contribution in [-0.4, -0.2) is 44.1 Å². The van der Waals surface area contributed by atoms with Gasteiger partial charge in [-0.15, -0.1) is 11.6 Å². The summed E-state index contributed by atoms with van der Waals surface area (Å²) in [5.41, 5.74) is 0. The average Bonchev–Trinajstić information content (AvgIpc) is 2.53. The second kappa shape index (κ2) is 5.79. The number of ether oxygens (including phenoxy) is 1. The van der Waals surface area contributed by atoms with E-state index in [0.29, 0.717) is 0 Å². The molecule has 1 unspecified atom stereocenters. The molecule has 1 aliphatic rings. The molecule has 1 heterocycles. The Morgan fingerprint density at radius 2 is 2.42 bits per heavy atom. The third-order valence-electron chi connectivity index (χ3n) is 2.41. The van der Waals surface area contributed by atoms with Crippen LogP contribution in [-0.2, 0) is 4.74 Å². The van der Waals surface area contributed by atoms with Gasteiger partial charge in [-0.2, -0.15) is 0 Å². The van der Waals surface area contributed by atoms with Gasteiger partial charge in [0.25, 0.3) is 0 Å². The van der Waals surface area contributed by atoms with E-state index in [1.807, 2.05) is 0 Å². The molecule has 1 fully saturated rings. The van der Waals surface area contributed by atoms with Crippen LogP contribution in [0.2, 0.25) is 0 Å². The van der Waals surface area contributed by atoms with E-state index in [1.165, 1.54) is 26.1 Å². The molecular weight excluding hydrogens is 174 g/mol. The van der Waals surface area contributed by atoms with E-state index in [0.717, 1.165) is 24.8 Å². The number of hydrogen-bond donors (Lipinski definition) is 0. The molecule has 1 rings (SSSR count). The molecule has 0 saturated carbocycles. The maximum Gasteiger partial charge on any atom is 0.0474 e. The van der Waals surface area contributed by atoms with Gasteiger partial charge in [0.15, 0.2) is 0 Å². The summed E-state index contributed by atoms with van der Waals surface area (Å²) in [6.07, 6.45) is 2.42.